The molecule has 136 valence electrons. The summed E-state index contributed by atoms with van der Waals surface area (Å²) in [6.07, 6.45) is 4.06. The highest BCUT2D eigenvalue weighted by Gasteiger charge is 2.44. The van der Waals surface area contributed by atoms with Crippen molar-refractivity contribution in [1.82, 2.24) is 0 Å². The third kappa shape index (κ3) is 3.21. The molecule has 5 heteroatoms. The Kier molecular flexibility index (Phi) is 4.23. The van der Waals surface area contributed by atoms with Gasteiger partial charge in [0.15, 0.2) is 18.1 Å². The van der Waals surface area contributed by atoms with Gasteiger partial charge in [-0.2, -0.15) is 0 Å². The number of aryl methyl sites for hydroxylation is 2. The Balaban J connectivity index is 1.38. The number of fused-ring (bicyclic) bond motifs is 1. The minimum Gasteiger partial charge on any atom is -0.483 e. The minimum absolute atomic E-state index is 0.0376. The number of rotatable bonds is 4. The number of benzene rings is 2. The van der Waals surface area contributed by atoms with Crippen LogP contribution in [0.5, 0.6) is 17.2 Å². The van der Waals surface area contributed by atoms with E-state index in [0.717, 1.165) is 48.3 Å². The molecule has 1 aliphatic heterocycles. The van der Waals surface area contributed by atoms with E-state index >= 15 is 0 Å². The highest BCUT2D eigenvalue weighted by atomic mass is 16.7. The van der Waals surface area contributed by atoms with E-state index < -0.39 is 5.79 Å². The van der Waals surface area contributed by atoms with Crippen LogP contribution in [0.4, 0.5) is 5.69 Å². The van der Waals surface area contributed by atoms with Crippen LogP contribution in [0.3, 0.4) is 0 Å². The van der Waals surface area contributed by atoms with Crippen LogP contribution in [-0.2, 0) is 4.79 Å². The van der Waals surface area contributed by atoms with Crippen LogP contribution in [0.1, 0.15) is 36.8 Å². The van der Waals surface area contributed by atoms with Gasteiger partial charge in [-0.25, -0.2) is 0 Å². The second-order valence-electron chi connectivity index (χ2n) is 7.04. The molecule has 1 heterocycles. The predicted octanol–water partition coefficient (Wildman–Crippen LogP) is 4.36. The molecule has 26 heavy (non-hydrogen) atoms. The molecule has 4 rings (SSSR count). The van der Waals surface area contributed by atoms with Crippen molar-refractivity contribution in [2.75, 3.05) is 11.9 Å². The van der Waals surface area contributed by atoms with Crippen LogP contribution >= 0.6 is 0 Å². The van der Waals surface area contributed by atoms with Crippen molar-refractivity contribution in [3.63, 3.8) is 0 Å². The molecule has 0 radical (unpaired) electrons. The summed E-state index contributed by atoms with van der Waals surface area (Å²) < 4.78 is 17.7. The van der Waals surface area contributed by atoms with Crippen LogP contribution in [0, 0.1) is 13.8 Å². The van der Waals surface area contributed by atoms with Gasteiger partial charge in [0.25, 0.3) is 11.7 Å². The van der Waals surface area contributed by atoms with Gasteiger partial charge in [0.1, 0.15) is 5.75 Å². The zero-order valence-electron chi connectivity index (χ0n) is 15.1. The van der Waals surface area contributed by atoms with Gasteiger partial charge in [-0.1, -0.05) is 18.2 Å². The molecule has 1 N–H and O–H groups in total. The Morgan fingerprint density at radius 2 is 1.77 bits per heavy atom. The second kappa shape index (κ2) is 6.56. The molecule has 2 aliphatic rings. The van der Waals surface area contributed by atoms with E-state index in [2.05, 4.69) is 5.32 Å². The average molecular weight is 353 g/mol. The van der Waals surface area contributed by atoms with Gasteiger partial charge < -0.3 is 19.5 Å². The first-order valence-electron chi connectivity index (χ1n) is 9.06. The van der Waals surface area contributed by atoms with Crippen molar-refractivity contribution in [3.05, 3.63) is 47.5 Å². The summed E-state index contributed by atoms with van der Waals surface area (Å²) in [5.41, 5.74) is 2.71. The van der Waals surface area contributed by atoms with Gasteiger partial charge in [0.05, 0.1) is 0 Å². The number of carbonyl (C=O) groups excluding carboxylic acids is 1. The maximum atomic E-state index is 12.3. The summed E-state index contributed by atoms with van der Waals surface area (Å²) in [7, 11) is 0. The number of amides is 1. The fraction of sp³-hybridized carbons (Fsp3) is 0.381. The van der Waals surface area contributed by atoms with Crippen LogP contribution < -0.4 is 19.5 Å². The van der Waals surface area contributed by atoms with Crippen LogP contribution in [0.25, 0.3) is 0 Å². The second-order valence-corrected chi connectivity index (χ2v) is 7.04. The van der Waals surface area contributed by atoms with Crippen molar-refractivity contribution in [3.8, 4) is 17.2 Å². The lowest BCUT2D eigenvalue weighted by Gasteiger charge is -2.21. The number of hydrogen-bond acceptors (Lipinski definition) is 4. The highest BCUT2D eigenvalue weighted by Crippen LogP contribution is 2.47. The number of para-hydroxylation sites is 1. The Morgan fingerprint density at radius 3 is 2.50 bits per heavy atom. The van der Waals surface area contributed by atoms with Crippen molar-refractivity contribution in [1.29, 1.82) is 0 Å². The normalized spacial score (nSPS) is 16.7. The molecule has 0 unspecified atom stereocenters. The minimum atomic E-state index is -0.490. The fourth-order valence-electron chi connectivity index (χ4n) is 3.65. The van der Waals surface area contributed by atoms with E-state index in [4.69, 9.17) is 14.2 Å². The summed E-state index contributed by atoms with van der Waals surface area (Å²) in [4.78, 5) is 12.3. The lowest BCUT2D eigenvalue weighted by molar-refractivity contribution is -0.118. The van der Waals surface area contributed by atoms with E-state index in [1.54, 1.807) is 0 Å². The highest BCUT2D eigenvalue weighted by molar-refractivity contribution is 5.92. The number of anilines is 1. The maximum Gasteiger partial charge on any atom is 0.262 e. The van der Waals surface area contributed by atoms with Gasteiger partial charge in [0, 0.05) is 24.6 Å². The fourth-order valence-corrected chi connectivity index (χ4v) is 3.65. The largest absolute Gasteiger partial charge is 0.483 e. The van der Waals surface area contributed by atoms with Gasteiger partial charge in [-0.15, -0.1) is 0 Å². The number of carbonyl (C=O) groups is 1. The summed E-state index contributed by atoms with van der Waals surface area (Å²) in [5.74, 6) is 1.51. The molecule has 5 nitrogen and oxygen atoms in total. The molecule has 1 saturated carbocycles. The van der Waals surface area contributed by atoms with Crippen LogP contribution in [0.15, 0.2) is 36.4 Å². The van der Waals surface area contributed by atoms with Crippen molar-refractivity contribution in [2.24, 2.45) is 0 Å². The first kappa shape index (κ1) is 16.8. The lowest BCUT2D eigenvalue weighted by Crippen LogP contribution is -2.34. The van der Waals surface area contributed by atoms with Crippen molar-refractivity contribution < 1.29 is 19.0 Å². The monoisotopic (exact) mass is 353 g/mol. The molecule has 2 aromatic rings. The van der Waals surface area contributed by atoms with Gasteiger partial charge >= 0.3 is 0 Å². The van der Waals surface area contributed by atoms with E-state index in [-0.39, 0.29) is 12.5 Å². The molecule has 0 bridgehead atoms. The zero-order valence-corrected chi connectivity index (χ0v) is 15.1. The maximum absolute atomic E-state index is 12.3. The van der Waals surface area contributed by atoms with Crippen LogP contribution in [-0.4, -0.2) is 18.3 Å². The molecule has 1 fully saturated rings. The van der Waals surface area contributed by atoms with Crippen LogP contribution in [0.2, 0.25) is 0 Å². The molecular weight excluding hydrogens is 330 g/mol. The molecular formula is C21H23NO4. The quantitative estimate of drug-likeness (QED) is 0.887. The van der Waals surface area contributed by atoms with E-state index in [1.807, 2.05) is 50.2 Å². The molecule has 1 spiro atoms. The standard InChI is InChI=1S/C21H23NO4/c1-14-6-5-7-15(2)20(14)24-13-19(23)22-16-8-9-17-18(12-16)26-21(25-17)10-3-4-11-21/h5-9,12H,3-4,10-11,13H2,1-2H3,(H,22,23). The smallest absolute Gasteiger partial charge is 0.262 e. The third-order valence-corrected chi connectivity index (χ3v) is 4.94. The average Bonchev–Trinajstić information content (AvgIpc) is 3.20. The molecule has 0 saturated heterocycles. The van der Waals surface area contributed by atoms with Gasteiger partial charge in [-0.05, 0) is 49.9 Å². The molecule has 0 aromatic heterocycles. The molecule has 2 aromatic carbocycles. The molecule has 1 aliphatic carbocycles. The SMILES string of the molecule is Cc1cccc(C)c1OCC(=O)Nc1ccc2c(c1)OC1(CCCC1)O2. The van der Waals surface area contributed by atoms with Crippen molar-refractivity contribution >= 4 is 11.6 Å². The molecule has 1 amide bonds. The lowest BCUT2D eigenvalue weighted by atomic mass is 10.1. The van der Waals surface area contributed by atoms with E-state index in [0.29, 0.717) is 11.4 Å². The summed E-state index contributed by atoms with van der Waals surface area (Å²) in [6, 6.07) is 11.4. The van der Waals surface area contributed by atoms with Gasteiger partial charge in [0.2, 0.25) is 0 Å². The van der Waals surface area contributed by atoms with E-state index in [9.17, 15) is 4.79 Å². The first-order valence-corrected chi connectivity index (χ1v) is 9.06. The van der Waals surface area contributed by atoms with E-state index in [1.165, 1.54) is 0 Å². The Labute approximate surface area is 153 Å². The third-order valence-electron chi connectivity index (χ3n) is 4.94. The molecule has 0 atom stereocenters. The Hall–Kier alpha value is -2.69. The zero-order chi connectivity index (χ0) is 18.1. The number of ether oxygens (including phenoxy) is 3. The summed E-state index contributed by atoms with van der Waals surface area (Å²) in [5, 5.41) is 2.86. The summed E-state index contributed by atoms with van der Waals surface area (Å²) >= 11 is 0. The Morgan fingerprint density at radius 1 is 1.08 bits per heavy atom. The first-order chi connectivity index (χ1) is 12.5. The predicted molar refractivity (Wildman–Crippen MR) is 98.9 cm³/mol. The Bertz CT molecular complexity index is 820. The number of hydrogen-bond donors (Lipinski definition) is 1. The summed E-state index contributed by atoms with van der Waals surface area (Å²) in [6.45, 7) is 3.90. The van der Waals surface area contributed by atoms with Crippen molar-refractivity contribution in [2.45, 2.75) is 45.3 Å². The van der Waals surface area contributed by atoms with Gasteiger partial charge in [-0.3, -0.25) is 4.79 Å². The topological polar surface area (TPSA) is 56.8 Å². The number of nitrogens with one attached hydrogen (secondary N) is 1.